The van der Waals surface area contributed by atoms with E-state index in [9.17, 15) is 14.4 Å². The first-order chi connectivity index (χ1) is 18.3. The third-order valence-corrected chi connectivity index (χ3v) is 8.21. The van der Waals surface area contributed by atoms with Crippen LogP contribution in [-0.2, 0) is 35.6 Å². The van der Waals surface area contributed by atoms with E-state index in [1.807, 2.05) is 86.6 Å². The van der Waals surface area contributed by atoms with Crippen LogP contribution in [0.5, 0.6) is 0 Å². The summed E-state index contributed by atoms with van der Waals surface area (Å²) < 4.78 is 8.68. The average Bonchev–Trinajstić information content (AvgIpc) is 3.27. The number of carbonyl (C=O) groups excluding carboxylic acids is 1. The second-order valence-corrected chi connectivity index (χ2v) is 11.3. The molecule has 38 heavy (non-hydrogen) atoms. The Morgan fingerprint density at radius 3 is 2.53 bits per heavy atom. The van der Waals surface area contributed by atoms with Gasteiger partial charge in [-0.1, -0.05) is 66.7 Å². The van der Waals surface area contributed by atoms with Crippen LogP contribution in [0.2, 0.25) is 0 Å². The number of nitrogens with one attached hydrogen (secondary N) is 1. The number of benzene rings is 3. The normalized spacial score (nSPS) is 14.5. The number of nitrogens with zero attached hydrogens (tertiary/aromatic N) is 2. The highest BCUT2D eigenvalue weighted by atomic mass is 32.1. The van der Waals surface area contributed by atoms with E-state index >= 15 is 0 Å². The average molecular weight is 526 g/mol. The van der Waals surface area contributed by atoms with Crippen molar-refractivity contribution in [3.05, 3.63) is 110 Å². The van der Waals surface area contributed by atoms with Gasteiger partial charge >= 0.3 is 5.69 Å². The second-order valence-electron chi connectivity index (χ2n) is 10.2. The Labute approximate surface area is 222 Å². The van der Waals surface area contributed by atoms with Gasteiger partial charge in [-0.2, -0.15) is 0 Å². The number of anilines is 1. The molecule has 0 atom stereocenters. The molecule has 0 bridgehead atoms. The van der Waals surface area contributed by atoms with Crippen LogP contribution < -0.4 is 16.6 Å². The molecule has 1 N–H and O–H groups in total. The fraction of sp³-hybridized carbons (Fsp3) is 0.233. The maximum absolute atomic E-state index is 13.8. The molecular weight excluding hydrogens is 498 g/mol. The molecule has 2 aromatic heterocycles. The quantitative estimate of drug-likeness (QED) is 0.353. The summed E-state index contributed by atoms with van der Waals surface area (Å²) in [5.74, 6) is -0.336. The van der Waals surface area contributed by atoms with Crippen molar-refractivity contribution in [1.82, 2.24) is 9.13 Å². The van der Waals surface area contributed by atoms with Crippen LogP contribution >= 0.6 is 11.3 Å². The number of carbonyl (C=O) groups is 1. The molecule has 7 nitrogen and oxygen atoms in total. The van der Waals surface area contributed by atoms with Crippen molar-refractivity contribution in [2.24, 2.45) is 0 Å². The minimum absolute atomic E-state index is 0.129. The van der Waals surface area contributed by atoms with Crippen LogP contribution in [0, 0.1) is 0 Å². The van der Waals surface area contributed by atoms with Crippen LogP contribution in [-0.4, -0.2) is 20.6 Å². The van der Waals surface area contributed by atoms with Crippen LogP contribution in [0.4, 0.5) is 5.69 Å². The molecule has 3 heterocycles. The molecule has 0 unspecified atom stereocenters. The first kappa shape index (κ1) is 24.3. The lowest BCUT2D eigenvalue weighted by Crippen LogP contribution is -2.42. The first-order valence-electron chi connectivity index (χ1n) is 12.5. The van der Waals surface area contributed by atoms with E-state index in [1.54, 1.807) is 0 Å². The number of ether oxygens (including phenoxy) is 1. The molecular formula is C30H27N3O4S. The Kier molecular flexibility index (Phi) is 6.01. The van der Waals surface area contributed by atoms with Crippen molar-refractivity contribution >= 4 is 43.9 Å². The van der Waals surface area contributed by atoms with Gasteiger partial charge in [-0.15, -0.1) is 11.3 Å². The Morgan fingerprint density at radius 1 is 0.974 bits per heavy atom. The zero-order valence-corrected chi connectivity index (χ0v) is 22.0. The molecule has 8 heteroatoms. The standard InChI is InChI=1S/C30H27N3O4S/c1-30(2)15-22-24(18-37-30)38-28-26(22)27(35)32(16-19-9-4-3-5-10-19)29(36)33(28)17-25(34)31-23-14-8-12-20-11-6-7-13-21(20)23/h3-14H,15-18H2,1-2H3,(H,31,34). The molecule has 0 spiro atoms. The summed E-state index contributed by atoms with van der Waals surface area (Å²) >= 11 is 1.37. The highest BCUT2D eigenvalue weighted by Crippen LogP contribution is 2.37. The fourth-order valence-electron chi connectivity index (χ4n) is 5.12. The summed E-state index contributed by atoms with van der Waals surface area (Å²) in [6, 6.07) is 22.9. The summed E-state index contributed by atoms with van der Waals surface area (Å²) in [6.45, 7) is 4.28. The van der Waals surface area contributed by atoms with Gasteiger partial charge in [0.25, 0.3) is 5.56 Å². The third-order valence-electron chi connectivity index (χ3n) is 6.98. The molecule has 1 amide bonds. The largest absolute Gasteiger partial charge is 0.370 e. The van der Waals surface area contributed by atoms with E-state index in [-0.39, 0.29) is 24.6 Å². The minimum atomic E-state index is -0.502. The zero-order valence-electron chi connectivity index (χ0n) is 21.2. The van der Waals surface area contributed by atoms with Crippen molar-refractivity contribution in [2.75, 3.05) is 5.32 Å². The predicted molar refractivity (Wildman–Crippen MR) is 151 cm³/mol. The van der Waals surface area contributed by atoms with Crippen molar-refractivity contribution in [2.45, 2.75) is 45.6 Å². The van der Waals surface area contributed by atoms with E-state index in [0.29, 0.717) is 28.9 Å². The smallest absolute Gasteiger partial charge is 0.332 e. The lowest BCUT2D eigenvalue weighted by Gasteiger charge is -2.29. The molecule has 0 saturated heterocycles. The highest BCUT2D eigenvalue weighted by Gasteiger charge is 2.32. The fourth-order valence-corrected chi connectivity index (χ4v) is 6.33. The van der Waals surface area contributed by atoms with Gasteiger partial charge in [-0.25, -0.2) is 4.79 Å². The number of rotatable bonds is 5. The summed E-state index contributed by atoms with van der Waals surface area (Å²) in [5.41, 5.74) is 1.18. The third kappa shape index (κ3) is 4.36. The Hall–Kier alpha value is -4.01. The molecule has 6 rings (SSSR count). The molecule has 0 radical (unpaired) electrons. The van der Waals surface area contributed by atoms with Crippen LogP contribution in [0.1, 0.15) is 29.9 Å². The van der Waals surface area contributed by atoms with E-state index < -0.39 is 11.3 Å². The van der Waals surface area contributed by atoms with Gasteiger partial charge in [-0.3, -0.25) is 18.7 Å². The molecule has 0 fully saturated rings. The van der Waals surface area contributed by atoms with Gasteiger partial charge in [0.05, 0.1) is 24.1 Å². The number of hydrogen-bond donors (Lipinski definition) is 1. The van der Waals surface area contributed by atoms with E-state index in [1.165, 1.54) is 20.5 Å². The maximum Gasteiger partial charge on any atom is 0.332 e. The SMILES string of the molecule is CC1(C)Cc2c(sc3c2c(=O)n(Cc2ccccc2)c(=O)n3CC(=O)Nc2cccc3ccccc23)CO1. The van der Waals surface area contributed by atoms with Crippen molar-refractivity contribution < 1.29 is 9.53 Å². The highest BCUT2D eigenvalue weighted by molar-refractivity contribution is 7.18. The molecule has 5 aromatic rings. The van der Waals surface area contributed by atoms with Gasteiger partial charge < -0.3 is 10.1 Å². The second kappa shape index (κ2) is 9.38. The zero-order chi connectivity index (χ0) is 26.4. The monoisotopic (exact) mass is 525 g/mol. The Morgan fingerprint density at radius 2 is 1.71 bits per heavy atom. The van der Waals surface area contributed by atoms with E-state index in [0.717, 1.165) is 26.8 Å². The van der Waals surface area contributed by atoms with Gasteiger partial charge in [-0.05, 0) is 36.4 Å². The van der Waals surface area contributed by atoms with Gasteiger partial charge in [0.15, 0.2) is 0 Å². The lowest BCUT2D eigenvalue weighted by atomic mass is 9.94. The number of fused-ring (bicyclic) bond motifs is 4. The van der Waals surface area contributed by atoms with Gasteiger partial charge in [0.2, 0.25) is 5.91 Å². The summed E-state index contributed by atoms with van der Waals surface area (Å²) in [5, 5.41) is 5.41. The number of aromatic nitrogens is 2. The molecule has 192 valence electrons. The Balaban J connectivity index is 1.47. The van der Waals surface area contributed by atoms with E-state index in [4.69, 9.17) is 4.74 Å². The van der Waals surface area contributed by atoms with Crippen molar-refractivity contribution in [3.63, 3.8) is 0 Å². The van der Waals surface area contributed by atoms with Gasteiger partial charge in [0.1, 0.15) is 11.4 Å². The maximum atomic E-state index is 13.8. The molecule has 3 aromatic carbocycles. The van der Waals surface area contributed by atoms with Crippen LogP contribution in [0.3, 0.4) is 0 Å². The van der Waals surface area contributed by atoms with E-state index in [2.05, 4.69) is 5.32 Å². The molecule has 0 aliphatic carbocycles. The lowest BCUT2D eigenvalue weighted by molar-refractivity contribution is -0.116. The van der Waals surface area contributed by atoms with Crippen LogP contribution in [0.25, 0.3) is 21.0 Å². The molecule has 0 saturated carbocycles. The van der Waals surface area contributed by atoms with Crippen molar-refractivity contribution in [1.29, 1.82) is 0 Å². The first-order valence-corrected chi connectivity index (χ1v) is 13.4. The number of hydrogen-bond acceptors (Lipinski definition) is 5. The summed E-state index contributed by atoms with van der Waals surface area (Å²) in [7, 11) is 0. The minimum Gasteiger partial charge on any atom is -0.370 e. The molecule has 1 aliphatic heterocycles. The van der Waals surface area contributed by atoms with Crippen LogP contribution in [0.15, 0.2) is 82.4 Å². The summed E-state index contributed by atoms with van der Waals surface area (Å²) in [6.07, 6.45) is 0.559. The predicted octanol–water partition coefficient (Wildman–Crippen LogP) is 4.92. The Bertz CT molecular complexity index is 1810. The van der Waals surface area contributed by atoms with Crippen molar-refractivity contribution in [3.8, 4) is 0 Å². The summed E-state index contributed by atoms with van der Waals surface area (Å²) in [4.78, 5) is 42.3. The number of amides is 1. The topological polar surface area (TPSA) is 82.3 Å². The van der Waals surface area contributed by atoms with Gasteiger partial charge in [0, 0.05) is 22.4 Å². The number of thiophene rings is 1. The molecule has 1 aliphatic rings.